The van der Waals surface area contributed by atoms with E-state index in [1.165, 1.54) is 158 Å². The highest BCUT2D eigenvalue weighted by Crippen LogP contribution is 2.63. The first-order valence-electron chi connectivity index (χ1n) is 28.0. The first kappa shape index (κ1) is 44.1. The van der Waals surface area contributed by atoms with Gasteiger partial charge in [0.15, 0.2) is 0 Å². The number of hydrogen-bond donors (Lipinski definition) is 0. The van der Waals surface area contributed by atoms with E-state index < -0.39 is 0 Å². The van der Waals surface area contributed by atoms with Gasteiger partial charge in [0.2, 0.25) is 0 Å². The Morgan fingerprint density at radius 3 is 1.16 bits per heavy atom. The van der Waals surface area contributed by atoms with Gasteiger partial charge in [0, 0.05) is 45.7 Å². The second kappa shape index (κ2) is 16.2. The number of para-hydroxylation sites is 2. The molecule has 0 bridgehead atoms. The summed E-state index contributed by atoms with van der Waals surface area (Å²) in [6.45, 7) is 10.0. The van der Waals surface area contributed by atoms with Gasteiger partial charge in [-0.3, -0.25) is 0 Å². The predicted octanol–water partition coefficient (Wildman–Crippen LogP) is 20.4. The van der Waals surface area contributed by atoms with Gasteiger partial charge in [-0.1, -0.05) is 172 Å². The molecule has 12 aromatic rings. The van der Waals surface area contributed by atoms with Crippen LogP contribution in [0.3, 0.4) is 0 Å². The fraction of sp³-hybridized carbons (Fsp3) is 0.189. The van der Waals surface area contributed by atoms with Crippen LogP contribution in [0.15, 0.2) is 218 Å². The highest BCUT2D eigenvalue weighted by molar-refractivity contribution is 6.33. The van der Waals surface area contributed by atoms with Gasteiger partial charge >= 0.3 is 0 Å². The van der Waals surface area contributed by atoms with E-state index in [0.29, 0.717) is 23.7 Å². The normalized spacial score (nSPS) is 22.6. The van der Waals surface area contributed by atoms with E-state index >= 15 is 0 Å². The quantitative estimate of drug-likeness (QED) is 0.153. The summed E-state index contributed by atoms with van der Waals surface area (Å²) in [6, 6.07) is 84.0. The van der Waals surface area contributed by atoms with Gasteiger partial charge in [0.25, 0.3) is 0 Å². The topological polar surface area (TPSA) is 6.48 Å². The molecular formula is C74H60N2. The Hall–Kier alpha value is -8.20. The fourth-order valence-corrected chi connectivity index (χ4v) is 16.5. The van der Waals surface area contributed by atoms with Crippen molar-refractivity contribution in [2.24, 2.45) is 11.8 Å². The smallest absolute Gasteiger partial charge is 0.0495 e. The average molecular weight is 977 g/mol. The van der Waals surface area contributed by atoms with Gasteiger partial charge < -0.3 is 9.80 Å². The van der Waals surface area contributed by atoms with Gasteiger partial charge in [-0.25, -0.2) is 0 Å². The van der Waals surface area contributed by atoms with Crippen LogP contribution in [0.2, 0.25) is 0 Å². The Kier molecular flexibility index (Phi) is 9.38. The molecule has 0 radical (unpaired) electrons. The largest absolute Gasteiger partial charge is 0.335 e. The molecule has 2 saturated carbocycles. The molecule has 2 aliphatic carbocycles. The molecule has 4 aliphatic rings. The number of anilines is 4. The van der Waals surface area contributed by atoms with Crippen molar-refractivity contribution in [2.75, 3.05) is 9.80 Å². The maximum absolute atomic E-state index is 2.69. The second-order valence-corrected chi connectivity index (χ2v) is 23.7. The van der Waals surface area contributed by atoms with E-state index in [9.17, 15) is 0 Å². The molecule has 0 N–H and O–H groups in total. The minimum Gasteiger partial charge on any atom is -0.335 e. The lowest BCUT2D eigenvalue weighted by atomic mass is 9.79. The van der Waals surface area contributed by atoms with E-state index in [-0.39, 0.29) is 11.1 Å². The number of benzene rings is 12. The number of fused-ring (bicyclic) bond motifs is 8. The summed E-state index contributed by atoms with van der Waals surface area (Å²) < 4.78 is 0. The summed E-state index contributed by atoms with van der Waals surface area (Å²) in [5.41, 5.74) is 18.6. The van der Waals surface area contributed by atoms with Gasteiger partial charge in [-0.2, -0.15) is 0 Å². The Morgan fingerprint density at radius 2 is 0.724 bits per heavy atom. The van der Waals surface area contributed by atoms with Crippen LogP contribution in [-0.4, -0.2) is 11.1 Å². The first-order valence-corrected chi connectivity index (χ1v) is 28.0. The lowest BCUT2D eigenvalue weighted by Crippen LogP contribution is -2.40. The van der Waals surface area contributed by atoms with E-state index in [0.717, 1.165) is 0 Å². The van der Waals surface area contributed by atoms with Crippen molar-refractivity contribution in [1.29, 1.82) is 0 Å². The molecule has 2 heterocycles. The number of nitrogens with zero attached hydrogens (tertiary/aromatic N) is 2. The van der Waals surface area contributed by atoms with Gasteiger partial charge in [-0.15, -0.1) is 0 Å². The molecular weight excluding hydrogens is 917 g/mol. The van der Waals surface area contributed by atoms with Crippen LogP contribution in [0.4, 0.5) is 22.7 Å². The number of hydrogen-bond acceptors (Lipinski definition) is 2. The molecule has 16 rings (SSSR count). The predicted molar refractivity (Wildman–Crippen MR) is 323 cm³/mol. The summed E-state index contributed by atoms with van der Waals surface area (Å²) in [5, 5.41) is 13.0. The highest BCUT2D eigenvalue weighted by Gasteiger charge is 2.56. The van der Waals surface area contributed by atoms with E-state index in [1.54, 1.807) is 0 Å². The van der Waals surface area contributed by atoms with Crippen LogP contribution in [-0.2, 0) is 0 Å². The molecule has 76 heavy (non-hydrogen) atoms. The third kappa shape index (κ3) is 6.04. The molecule has 2 nitrogen and oxygen atoms in total. The third-order valence-electron chi connectivity index (χ3n) is 19.6. The standard InChI is InChI=1S/C74H60N2/c1-45-37-39-73(3)71(45)65-41-49(29-35-67(65)75(73)51-21-7-5-8-22-51)61-43-63(55-27-15-19-47-17-11-13-25-53(47)55)59-34-32-58-62(44-64(60-33-31-57(61)69(59)70(58)60)56-28-16-20-48-18-12-14-26-54(48)56)50-30-36-68-66(42-50)72-46(2)38-40-74(72,4)76(68)52-23-9-6-10-24-52/h5-36,41-46,71-72H,37-40H2,1-4H3. The Balaban J connectivity index is 1.00. The Morgan fingerprint density at radius 1 is 0.342 bits per heavy atom. The molecule has 2 heteroatoms. The Bertz CT molecular complexity index is 4050. The van der Waals surface area contributed by atoms with Crippen molar-refractivity contribution >= 4 is 76.6 Å². The molecule has 0 saturated heterocycles. The van der Waals surface area contributed by atoms with Gasteiger partial charge in [-0.05, 0) is 222 Å². The molecule has 6 atom stereocenters. The van der Waals surface area contributed by atoms with Crippen LogP contribution in [0.5, 0.6) is 0 Å². The lowest BCUT2D eigenvalue weighted by Gasteiger charge is -2.38. The van der Waals surface area contributed by atoms with Gasteiger partial charge in [0.1, 0.15) is 0 Å². The number of rotatable bonds is 6. The SMILES string of the molecule is CC1CCC2(C)C1c1cc(-c3cc(-c4cccc5ccccc45)c4ccc5c(-c6ccc7c(c6)C6C(C)CCC6(C)N7c6ccccc6)cc(-c6cccc7ccccc67)c6ccc3c4c56)ccc1N2c1ccccc1. The monoisotopic (exact) mass is 976 g/mol. The molecule has 0 aromatic heterocycles. The minimum atomic E-state index is 0.0126. The van der Waals surface area contributed by atoms with Crippen molar-refractivity contribution in [3.05, 3.63) is 230 Å². The summed E-state index contributed by atoms with van der Waals surface area (Å²) in [4.78, 5) is 5.38. The van der Waals surface area contributed by atoms with Crippen molar-refractivity contribution in [2.45, 2.75) is 76.3 Å². The zero-order chi connectivity index (χ0) is 50.6. The maximum atomic E-state index is 2.69. The molecule has 0 spiro atoms. The first-order chi connectivity index (χ1) is 37.3. The second-order valence-electron chi connectivity index (χ2n) is 23.7. The fourth-order valence-electron chi connectivity index (χ4n) is 16.5. The van der Waals surface area contributed by atoms with Crippen LogP contribution in [0.25, 0.3) is 98.4 Å². The van der Waals surface area contributed by atoms with Crippen LogP contribution in [0.1, 0.15) is 76.3 Å². The highest BCUT2D eigenvalue weighted by atomic mass is 15.3. The van der Waals surface area contributed by atoms with Crippen molar-refractivity contribution in [3.63, 3.8) is 0 Å². The molecule has 0 amide bonds. The molecule has 366 valence electrons. The summed E-state index contributed by atoms with van der Waals surface area (Å²) in [7, 11) is 0. The van der Waals surface area contributed by atoms with Crippen LogP contribution < -0.4 is 9.80 Å². The van der Waals surface area contributed by atoms with Crippen molar-refractivity contribution in [1.82, 2.24) is 0 Å². The summed E-state index contributed by atoms with van der Waals surface area (Å²) in [5.74, 6) is 2.03. The molecule has 2 fully saturated rings. The van der Waals surface area contributed by atoms with E-state index in [2.05, 4.69) is 256 Å². The lowest BCUT2D eigenvalue weighted by molar-refractivity contribution is 0.414. The van der Waals surface area contributed by atoms with Crippen LogP contribution in [0, 0.1) is 11.8 Å². The Labute approximate surface area is 446 Å². The van der Waals surface area contributed by atoms with Crippen molar-refractivity contribution < 1.29 is 0 Å². The molecule has 6 unspecified atom stereocenters. The maximum Gasteiger partial charge on any atom is 0.0495 e. The summed E-state index contributed by atoms with van der Waals surface area (Å²) in [6.07, 6.45) is 4.82. The van der Waals surface area contributed by atoms with E-state index in [4.69, 9.17) is 0 Å². The van der Waals surface area contributed by atoms with Crippen LogP contribution >= 0.6 is 0 Å². The van der Waals surface area contributed by atoms with Crippen molar-refractivity contribution in [3.8, 4) is 44.5 Å². The van der Waals surface area contributed by atoms with Gasteiger partial charge in [0.05, 0.1) is 0 Å². The zero-order valence-electron chi connectivity index (χ0n) is 43.8. The van der Waals surface area contributed by atoms with E-state index in [1.807, 2.05) is 0 Å². The molecule has 2 aliphatic heterocycles. The third-order valence-corrected chi connectivity index (χ3v) is 19.6. The average Bonchev–Trinajstić information content (AvgIpc) is 4.16. The molecule has 12 aromatic carbocycles. The minimum absolute atomic E-state index is 0.0126. The summed E-state index contributed by atoms with van der Waals surface area (Å²) >= 11 is 0. The zero-order valence-corrected chi connectivity index (χ0v) is 43.8.